The zero-order chi connectivity index (χ0) is 8.41. The molecule has 0 aromatic heterocycles. The van der Waals surface area contributed by atoms with Crippen LogP contribution in [0.4, 0.5) is 0 Å². The van der Waals surface area contributed by atoms with Gasteiger partial charge in [0.05, 0.1) is 0 Å². The number of hydrogen-bond acceptors (Lipinski definition) is 0. The van der Waals surface area contributed by atoms with Gasteiger partial charge in [0, 0.05) is 16.1 Å². The molecule has 0 heterocycles. The highest BCUT2D eigenvalue weighted by atomic mass is 79.9. The molecule has 38 valence electrons. The minimum Gasteiger partial charge on any atom is -0.0928 e. The zero-order valence-electron chi connectivity index (χ0n) is 7.17. The fraction of sp³-hybridized carbons (Fsp3) is 1.00. The Bertz CT molecular complexity index is 99.8. The zero-order valence-corrected chi connectivity index (χ0v) is 6.34. The summed E-state index contributed by atoms with van der Waals surface area (Å²) < 4.78 is 28.8. The molecule has 0 aliphatic rings. The highest BCUT2D eigenvalue weighted by Crippen LogP contribution is 1.95. The summed E-state index contributed by atoms with van der Waals surface area (Å²) in [5.41, 5.74) is 0. The van der Waals surface area contributed by atoms with Gasteiger partial charge in [-0.25, -0.2) is 0 Å². The monoisotopic (exact) mass is 218 g/mol. The van der Waals surface area contributed by atoms with E-state index in [0.717, 1.165) is 0 Å². The first kappa shape index (κ1) is 2.49. The maximum atomic E-state index is 7.19. The van der Waals surface area contributed by atoms with Crippen molar-refractivity contribution in [2.75, 3.05) is 10.7 Å². The van der Waals surface area contributed by atoms with Crippen LogP contribution in [0.1, 0.15) is 18.2 Å². The molecule has 0 atom stereocenters. The third-order valence-electron chi connectivity index (χ3n) is 0.259. The van der Waals surface area contributed by atoms with E-state index < -0.39 is 12.7 Å². The maximum Gasteiger partial charge on any atom is 0.0275 e. The molecule has 0 aromatic carbocycles. The lowest BCUT2D eigenvalue weighted by molar-refractivity contribution is 0.919. The normalized spacial score (nSPS) is 23.7. The highest BCUT2D eigenvalue weighted by Gasteiger charge is 1.77. The summed E-state index contributed by atoms with van der Waals surface area (Å²) in [5.74, 6) is 0. The van der Waals surface area contributed by atoms with Crippen molar-refractivity contribution in [1.29, 1.82) is 0 Å². The predicted octanol–water partition coefficient (Wildman–Crippen LogP) is 2.56. The molecule has 0 rings (SSSR count). The fourth-order valence-electron chi connectivity index (χ4n) is 0.0945. The van der Waals surface area contributed by atoms with Crippen molar-refractivity contribution >= 4 is 31.9 Å². The van der Waals surface area contributed by atoms with Gasteiger partial charge < -0.3 is 0 Å². The van der Waals surface area contributed by atoms with E-state index in [-0.39, 0.29) is 10.7 Å². The fourth-order valence-corrected chi connectivity index (χ4v) is 0.491. The second-order valence-electron chi connectivity index (χ2n) is 0.621. The number of rotatable bonds is 3. The molecule has 0 amide bonds. The van der Waals surface area contributed by atoms with E-state index in [1.807, 2.05) is 0 Å². The molecular formula is C4H8Br2. The molecule has 0 saturated heterocycles. The summed E-state index contributed by atoms with van der Waals surface area (Å²) in [6.07, 6.45) is -3.62. The molecule has 0 fully saturated rings. The molecule has 0 bridgehead atoms. The van der Waals surface area contributed by atoms with E-state index in [1.54, 1.807) is 0 Å². The molecule has 0 spiro atoms. The van der Waals surface area contributed by atoms with Gasteiger partial charge in [0.25, 0.3) is 0 Å². The van der Waals surface area contributed by atoms with Gasteiger partial charge in [-0.05, 0) is 12.7 Å². The van der Waals surface area contributed by atoms with E-state index >= 15 is 0 Å². The van der Waals surface area contributed by atoms with Crippen LogP contribution in [-0.4, -0.2) is 10.7 Å². The smallest absolute Gasteiger partial charge is 0.0275 e. The lowest BCUT2D eigenvalue weighted by Gasteiger charge is -1.83. The summed E-state index contributed by atoms with van der Waals surface area (Å²) >= 11 is 5.82. The molecule has 0 aromatic rings. The lowest BCUT2D eigenvalue weighted by atomic mass is 10.4. The molecule has 0 N–H and O–H groups in total. The van der Waals surface area contributed by atoms with Crippen molar-refractivity contribution < 1.29 is 5.48 Å². The number of halogens is 2. The summed E-state index contributed by atoms with van der Waals surface area (Å²) in [4.78, 5) is 0. The van der Waals surface area contributed by atoms with Crippen LogP contribution in [0.15, 0.2) is 0 Å². The Hall–Kier alpha value is 0.960. The van der Waals surface area contributed by atoms with E-state index in [4.69, 9.17) is 5.48 Å². The largest absolute Gasteiger partial charge is 0.0928 e. The number of hydrogen-bond donors (Lipinski definition) is 0. The van der Waals surface area contributed by atoms with Gasteiger partial charge in [0.15, 0.2) is 0 Å². The van der Waals surface area contributed by atoms with Gasteiger partial charge in [0.2, 0.25) is 0 Å². The van der Waals surface area contributed by atoms with Crippen LogP contribution in [-0.2, 0) is 0 Å². The number of alkyl halides is 2. The van der Waals surface area contributed by atoms with Crippen molar-refractivity contribution in [3.05, 3.63) is 0 Å². The Morgan fingerprint density at radius 1 is 1.17 bits per heavy atom. The summed E-state index contributed by atoms with van der Waals surface area (Å²) in [5, 5.41) is 0.0250. The minimum atomic E-state index is -1.81. The lowest BCUT2D eigenvalue weighted by Crippen LogP contribution is -1.73. The SMILES string of the molecule is [2H]C([2H])(CBr)C([2H])([2H])CBr. The Labute approximate surface area is 61.2 Å². The van der Waals surface area contributed by atoms with Crippen LogP contribution in [0.5, 0.6) is 0 Å². The molecule has 0 aliphatic heterocycles. The van der Waals surface area contributed by atoms with Crippen LogP contribution in [0.3, 0.4) is 0 Å². The molecule has 0 aliphatic carbocycles. The van der Waals surface area contributed by atoms with Gasteiger partial charge in [0.1, 0.15) is 0 Å². The average molecular weight is 220 g/mol. The second kappa shape index (κ2) is 5.96. The molecule has 0 unspecified atom stereocenters. The Kier molecular flexibility index (Phi) is 2.48. The quantitative estimate of drug-likeness (QED) is 0.641. The molecule has 6 heavy (non-hydrogen) atoms. The Balaban J connectivity index is 4.28. The summed E-state index contributed by atoms with van der Waals surface area (Å²) in [7, 11) is 0. The van der Waals surface area contributed by atoms with Crippen LogP contribution < -0.4 is 0 Å². The highest BCUT2D eigenvalue weighted by molar-refractivity contribution is 9.09. The first-order chi connectivity index (χ1) is 4.37. The van der Waals surface area contributed by atoms with Crippen LogP contribution >= 0.6 is 31.9 Å². The van der Waals surface area contributed by atoms with Crippen molar-refractivity contribution in [2.45, 2.75) is 12.7 Å². The van der Waals surface area contributed by atoms with Crippen LogP contribution in [0.25, 0.3) is 0 Å². The molecule has 0 saturated carbocycles. The third kappa shape index (κ3) is 4.96. The van der Waals surface area contributed by atoms with Crippen molar-refractivity contribution in [2.24, 2.45) is 0 Å². The van der Waals surface area contributed by atoms with Crippen molar-refractivity contribution in [1.82, 2.24) is 0 Å². The van der Waals surface area contributed by atoms with Crippen molar-refractivity contribution in [3.63, 3.8) is 0 Å². The predicted molar refractivity (Wildman–Crippen MR) is 36.8 cm³/mol. The Morgan fingerprint density at radius 2 is 1.50 bits per heavy atom. The molecule has 2 heteroatoms. The van der Waals surface area contributed by atoms with E-state index in [9.17, 15) is 0 Å². The molecule has 0 radical (unpaired) electrons. The minimum absolute atomic E-state index is 0.0125. The van der Waals surface area contributed by atoms with E-state index in [0.29, 0.717) is 0 Å². The van der Waals surface area contributed by atoms with Gasteiger partial charge in [-0.1, -0.05) is 31.9 Å². The topological polar surface area (TPSA) is 0 Å². The van der Waals surface area contributed by atoms with Gasteiger partial charge in [-0.2, -0.15) is 0 Å². The van der Waals surface area contributed by atoms with E-state index in [2.05, 4.69) is 31.9 Å². The average Bonchev–Trinajstić information content (AvgIpc) is 1.88. The first-order valence-corrected chi connectivity index (χ1v) is 3.73. The third-order valence-corrected chi connectivity index (χ3v) is 0.819. The standard InChI is InChI=1S/C4H8Br2/c5-3-1-2-4-6/h1-4H2/i1D2,2D2. The molecular weight excluding hydrogens is 208 g/mol. The van der Waals surface area contributed by atoms with Crippen LogP contribution in [0.2, 0.25) is 0 Å². The Morgan fingerprint density at radius 3 is 1.67 bits per heavy atom. The second-order valence-corrected chi connectivity index (χ2v) is 1.74. The maximum absolute atomic E-state index is 7.19. The summed E-state index contributed by atoms with van der Waals surface area (Å²) in [6, 6.07) is 0. The van der Waals surface area contributed by atoms with Crippen molar-refractivity contribution in [3.8, 4) is 0 Å². The van der Waals surface area contributed by atoms with Gasteiger partial charge in [-0.3, -0.25) is 0 Å². The van der Waals surface area contributed by atoms with Gasteiger partial charge in [-0.15, -0.1) is 0 Å². The summed E-state index contributed by atoms with van der Waals surface area (Å²) in [6.45, 7) is 0. The first-order valence-electron chi connectivity index (χ1n) is 3.49. The van der Waals surface area contributed by atoms with Crippen LogP contribution in [0, 0.1) is 0 Å². The molecule has 0 nitrogen and oxygen atoms in total. The van der Waals surface area contributed by atoms with E-state index in [1.165, 1.54) is 0 Å². The van der Waals surface area contributed by atoms with Gasteiger partial charge >= 0.3 is 0 Å².